The number of carbonyl (C=O) groups is 1. The largest absolute Gasteiger partial charge is 0.493 e. The van der Waals surface area contributed by atoms with Crippen LogP contribution in [0.5, 0.6) is 5.75 Å². The number of nitrogens with one attached hydrogen (secondary N) is 3. The lowest BCUT2D eigenvalue weighted by Crippen LogP contribution is -2.20. The molecule has 2 heterocycles. The predicted octanol–water partition coefficient (Wildman–Crippen LogP) is 3.89. The fourth-order valence-electron chi connectivity index (χ4n) is 3.62. The number of amides is 1. The van der Waals surface area contributed by atoms with Crippen molar-refractivity contribution >= 4 is 33.6 Å². The zero-order valence-electron chi connectivity index (χ0n) is 16.9. The number of benzene rings is 3. The predicted molar refractivity (Wildman–Crippen MR) is 121 cm³/mol. The van der Waals surface area contributed by atoms with E-state index >= 15 is 0 Å². The summed E-state index contributed by atoms with van der Waals surface area (Å²) < 4.78 is 10.5. The van der Waals surface area contributed by atoms with Crippen LogP contribution in [0.4, 0.5) is 5.69 Å². The van der Waals surface area contributed by atoms with Gasteiger partial charge in [0, 0.05) is 11.1 Å². The maximum absolute atomic E-state index is 12.8. The quantitative estimate of drug-likeness (QED) is 0.376. The second-order valence-electron chi connectivity index (χ2n) is 7.20. The van der Waals surface area contributed by atoms with Crippen LogP contribution in [-0.2, 0) is 0 Å². The van der Waals surface area contributed by atoms with Gasteiger partial charge in [0.1, 0.15) is 5.56 Å². The van der Waals surface area contributed by atoms with E-state index in [9.17, 15) is 14.4 Å². The Morgan fingerprint density at radius 2 is 1.69 bits per heavy atom. The second-order valence-corrected chi connectivity index (χ2v) is 7.20. The molecule has 0 saturated carbocycles. The van der Waals surface area contributed by atoms with E-state index in [0.29, 0.717) is 27.9 Å². The van der Waals surface area contributed by atoms with Crippen LogP contribution in [0.1, 0.15) is 10.4 Å². The van der Waals surface area contributed by atoms with Crippen molar-refractivity contribution < 1.29 is 13.9 Å². The van der Waals surface area contributed by atoms with Gasteiger partial charge in [-0.25, -0.2) is 9.59 Å². The van der Waals surface area contributed by atoms with Gasteiger partial charge in [0.2, 0.25) is 0 Å². The van der Waals surface area contributed by atoms with Crippen LogP contribution in [0.3, 0.4) is 0 Å². The zero-order valence-corrected chi connectivity index (χ0v) is 16.9. The molecular formula is C24H17N3O5. The number of fused-ring (bicyclic) bond motifs is 2. The summed E-state index contributed by atoms with van der Waals surface area (Å²) in [7, 11) is 1.48. The minimum absolute atomic E-state index is 0.109. The van der Waals surface area contributed by atoms with Gasteiger partial charge in [-0.3, -0.25) is 4.79 Å². The molecule has 0 radical (unpaired) electrons. The van der Waals surface area contributed by atoms with E-state index in [1.807, 2.05) is 24.3 Å². The van der Waals surface area contributed by atoms with Crippen molar-refractivity contribution in [3.63, 3.8) is 0 Å². The van der Waals surface area contributed by atoms with Gasteiger partial charge in [-0.15, -0.1) is 0 Å². The van der Waals surface area contributed by atoms with Crippen LogP contribution in [-0.4, -0.2) is 23.0 Å². The molecule has 3 N–H and O–H groups in total. The van der Waals surface area contributed by atoms with E-state index in [1.54, 1.807) is 36.4 Å². The van der Waals surface area contributed by atoms with Gasteiger partial charge in [0.05, 0.1) is 18.1 Å². The third-order valence-electron chi connectivity index (χ3n) is 5.16. The molecule has 0 aliphatic rings. The monoisotopic (exact) mass is 427 g/mol. The summed E-state index contributed by atoms with van der Waals surface area (Å²) in [6.45, 7) is 0. The van der Waals surface area contributed by atoms with E-state index in [2.05, 4.69) is 15.3 Å². The highest BCUT2D eigenvalue weighted by Gasteiger charge is 2.16. The maximum atomic E-state index is 12.8. The summed E-state index contributed by atoms with van der Waals surface area (Å²) in [5.41, 5.74) is 2.76. The van der Waals surface area contributed by atoms with Crippen LogP contribution < -0.4 is 21.4 Å². The molecular weight excluding hydrogens is 410 g/mol. The molecule has 5 rings (SSSR count). The number of imidazole rings is 1. The second kappa shape index (κ2) is 7.59. The Balaban J connectivity index is 1.46. The van der Waals surface area contributed by atoms with Crippen LogP contribution in [0.15, 0.2) is 80.7 Å². The molecule has 158 valence electrons. The first-order chi connectivity index (χ1) is 15.5. The molecule has 0 unspecified atom stereocenters. The van der Waals surface area contributed by atoms with Crippen molar-refractivity contribution in [1.29, 1.82) is 0 Å². The standard InChI is InChI=1S/C24H17N3O5/c1-31-20-7-3-5-15-11-17(23(29)32-21(15)20)22(28)25-16-6-2-4-13(10-16)14-8-9-18-19(12-14)27-24(30)26-18/h2-12H,1H3,(H,25,28)(H2,26,27,30). The Morgan fingerprint density at radius 1 is 0.906 bits per heavy atom. The van der Waals surface area contributed by atoms with Crippen molar-refractivity contribution in [1.82, 2.24) is 9.97 Å². The lowest BCUT2D eigenvalue weighted by atomic mass is 10.0. The van der Waals surface area contributed by atoms with E-state index in [-0.39, 0.29) is 16.8 Å². The lowest BCUT2D eigenvalue weighted by molar-refractivity contribution is 0.102. The molecule has 32 heavy (non-hydrogen) atoms. The number of hydrogen-bond donors (Lipinski definition) is 3. The minimum Gasteiger partial charge on any atom is -0.493 e. The zero-order chi connectivity index (χ0) is 22.2. The molecule has 2 aromatic heterocycles. The van der Waals surface area contributed by atoms with Crippen LogP contribution in [0.2, 0.25) is 0 Å². The number of para-hydroxylation sites is 1. The van der Waals surface area contributed by atoms with Gasteiger partial charge in [-0.05, 0) is 47.5 Å². The summed E-state index contributed by atoms with van der Waals surface area (Å²) in [4.78, 5) is 42.2. The number of methoxy groups -OCH3 is 1. The molecule has 0 atom stereocenters. The molecule has 0 spiro atoms. The number of hydrogen-bond acceptors (Lipinski definition) is 5. The average Bonchev–Trinajstić information content (AvgIpc) is 3.17. The number of anilines is 1. The molecule has 0 aliphatic heterocycles. The summed E-state index contributed by atoms with van der Waals surface area (Å²) in [6, 6.07) is 19.4. The first-order valence-electron chi connectivity index (χ1n) is 9.76. The smallest absolute Gasteiger partial charge is 0.349 e. The average molecular weight is 427 g/mol. The van der Waals surface area contributed by atoms with E-state index in [4.69, 9.17) is 9.15 Å². The van der Waals surface area contributed by atoms with Crippen molar-refractivity contribution in [2.45, 2.75) is 0 Å². The minimum atomic E-state index is -0.752. The van der Waals surface area contributed by atoms with Crippen molar-refractivity contribution in [3.8, 4) is 16.9 Å². The molecule has 0 fully saturated rings. The Kier molecular flexibility index (Phi) is 4.59. The molecule has 1 amide bonds. The van der Waals surface area contributed by atoms with Crippen molar-refractivity contribution in [2.75, 3.05) is 12.4 Å². The van der Waals surface area contributed by atoms with Gasteiger partial charge < -0.3 is 24.4 Å². The van der Waals surface area contributed by atoms with Gasteiger partial charge in [0.15, 0.2) is 11.3 Å². The number of rotatable bonds is 4. The summed E-state index contributed by atoms with van der Waals surface area (Å²) in [5.74, 6) is -0.161. The Hall–Kier alpha value is -4.59. The van der Waals surface area contributed by atoms with Gasteiger partial charge in [-0.1, -0.05) is 30.3 Å². The highest BCUT2D eigenvalue weighted by molar-refractivity contribution is 6.06. The van der Waals surface area contributed by atoms with Crippen molar-refractivity contribution in [2.24, 2.45) is 0 Å². The Bertz CT molecular complexity index is 1610. The lowest BCUT2D eigenvalue weighted by Gasteiger charge is -2.09. The fourth-order valence-corrected chi connectivity index (χ4v) is 3.62. The van der Waals surface area contributed by atoms with Crippen molar-refractivity contribution in [3.05, 3.63) is 93.2 Å². The molecule has 0 saturated heterocycles. The number of aromatic nitrogens is 2. The van der Waals surface area contributed by atoms with E-state index < -0.39 is 11.5 Å². The van der Waals surface area contributed by atoms with Crippen LogP contribution in [0.25, 0.3) is 33.1 Å². The highest BCUT2D eigenvalue weighted by atomic mass is 16.5. The highest BCUT2D eigenvalue weighted by Crippen LogP contribution is 2.26. The van der Waals surface area contributed by atoms with Gasteiger partial charge in [-0.2, -0.15) is 0 Å². The first-order valence-corrected chi connectivity index (χ1v) is 9.76. The third-order valence-corrected chi connectivity index (χ3v) is 5.16. The van der Waals surface area contributed by atoms with Gasteiger partial charge >= 0.3 is 11.3 Å². The molecule has 0 bridgehead atoms. The SMILES string of the molecule is COc1cccc2cc(C(=O)Nc3cccc(-c4ccc5[nH]c(=O)[nH]c5c4)c3)c(=O)oc12. The summed E-state index contributed by atoms with van der Waals surface area (Å²) in [5, 5.41) is 3.33. The number of carbonyl (C=O) groups excluding carboxylic acids is 1. The molecule has 8 heteroatoms. The summed E-state index contributed by atoms with van der Waals surface area (Å²) in [6.07, 6.45) is 0. The molecule has 3 aromatic carbocycles. The normalized spacial score (nSPS) is 11.0. The van der Waals surface area contributed by atoms with E-state index in [0.717, 1.165) is 11.1 Å². The van der Waals surface area contributed by atoms with Gasteiger partial charge in [0.25, 0.3) is 5.91 Å². The van der Waals surface area contributed by atoms with E-state index in [1.165, 1.54) is 13.2 Å². The Labute approximate surface area is 180 Å². The Morgan fingerprint density at radius 3 is 2.53 bits per heavy atom. The van der Waals surface area contributed by atoms with Crippen LogP contribution >= 0.6 is 0 Å². The number of aromatic amines is 2. The summed E-state index contributed by atoms with van der Waals surface area (Å²) >= 11 is 0. The number of H-pyrrole nitrogens is 2. The molecule has 8 nitrogen and oxygen atoms in total. The third kappa shape index (κ3) is 3.43. The fraction of sp³-hybridized carbons (Fsp3) is 0.0417. The number of ether oxygens (including phenoxy) is 1. The van der Waals surface area contributed by atoms with Crippen LogP contribution in [0, 0.1) is 0 Å². The topological polar surface area (TPSA) is 117 Å². The maximum Gasteiger partial charge on any atom is 0.349 e. The first kappa shape index (κ1) is 19.4. The molecule has 0 aliphatic carbocycles. The molecule has 5 aromatic rings.